The second-order valence-electron chi connectivity index (χ2n) is 5.15. The molecule has 0 saturated carbocycles. The number of halogens is 1. The van der Waals surface area contributed by atoms with E-state index < -0.39 is 0 Å². The van der Waals surface area contributed by atoms with Crippen LogP contribution in [0.5, 0.6) is 0 Å². The zero-order valence-electron chi connectivity index (χ0n) is 10.9. The lowest BCUT2D eigenvalue weighted by molar-refractivity contribution is 0.0549. The summed E-state index contributed by atoms with van der Waals surface area (Å²) in [6.07, 6.45) is 2.34. The fourth-order valence-electron chi connectivity index (χ4n) is 2.51. The van der Waals surface area contributed by atoms with Crippen LogP contribution >= 0.6 is 11.6 Å². The van der Waals surface area contributed by atoms with Crippen LogP contribution in [0.2, 0.25) is 5.02 Å². The molecule has 0 aliphatic carbocycles. The fourth-order valence-corrected chi connectivity index (χ4v) is 2.78. The molecule has 1 aromatic carbocycles. The van der Waals surface area contributed by atoms with Crippen molar-refractivity contribution in [3.05, 3.63) is 28.8 Å². The standard InChI is InChI=1S/C14H21ClN2O/c1-17(9-11-2-4-18-5-3-11)10-12-6-13(15)8-14(16)7-12/h6-8,11H,2-5,9-10,16H2,1H3. The van der Waals surface area contributed by atoms with Crippen LogP contribution < -0.4 is 5.73 Å². The predicted molar refractivity (Wildman–Crippen MR) is 75.7 cm³/mol. The molecule has 100 valence electrons. The van der Waals surface area contributed by atoms with E-state index in [1.54, 1.807) is 6.07 Å². The van der Waals surface area contributed by atoms with Crippen LogP contribution in [-0.2, 0) is 11.3 Å². The maximum Gasteiger partial charge on any atom is 0.0469 e. The van der Waals surface area contributed by atoms with E-state index in [9.17, 15) is 0 Å². The summed E-state index contributed by atoms with van der Waals surface area (Å²) in [5.74, 6) is 0.750. The molecule has 0 spiro atoms. The number of hydrogen-bond donors (Lipinski definition) is 1. The van der Waals surface area contributed by atoms with Gasteiger partial charge in [-0.2, -0.15) is 0 Å². The Morgan fingerprint density at radius 1 is 1.33 bits per heavy atom. The Bertz CT molecular complexity index is 371. The molecular weight excluding hydrogens is 248 g/mol. The Balaban J connectivity index is 1.87. The van der Waals surface area contributed by atoms with E-state index in [2.05, 4.69) is 11.9 Å². The first-order valence-corrected chi connectivity index (χ1v) is 6.82. The van der Waals surface area contributed by atoms with Crippen molar-refractivity contribution in [3.8, 4) is 0 Å². The Morgan fingerprint density at radius 2 is 2.06 bits per heavy atom. The van der Waals surface area contributed by atoms with Crippen molar-refractivity contribution < 1.29 is 4.74 Å². The number of nitrogen functional groups attached to an aromatic ring is 1. The van der Waals surface area contributed by atoms with Gasteiger partial charge in [0.05, 0.1) is 0 Å². The lowest BCUT2D eigenvalue weighted by atomic mass is 10.00. The molecular formula is C14H21ClN2O. The molecule has 1 saturated heterocycles. The highest BCUT2D eigenvalue weighted by atomic mass is 35.5. The second-order valence-corrected chi connectivity index (χ2v) is 5.58. The van der Waals surface area contributed by atoms with Gasteiger partial charge in [0.1, 0.15) is 0 Å². The van der Waals surface area contributed by atoms with E-state index >= 15 is 0 Å². The van der Waals surface area contributed by atoms with E-state index in [4.69, 9.17) is 22.1 Å². The summed E-state index contributed by atoms with van der Waals surface area (Å²) >= 11 is 6.01. The minimum absolute atomic E-state index is 0.712. The number of rotatable bonds is 4. The zero-order valence-corrected chi connectivity index (χ0v) is 11.6. The van der Waals surface area contributed by atoms with Gasteiger partial charge in [-0.3, -0.25) is 0 Å². The molecule has 3 nitrogen and oxygen atoms in total. The van der Waals surface area contributed by atoms with E-state index in [1.807, 2.05) is 12.1 Å². The molecule has 2 rings (SSSR count). The smallest absolute Gasteiger partial charge is 0.0469 e. The first-order chi connectivity index (χ1) is 8.63. The minimum Gasteiger partial charge on any atom is -0.399 e. The summed E-state index contributed by atoms with van der Waals surface area (Å²) < 4.78 is 5.38. The van der Waals surface area contributed by atoms with Crippen LogP contribution in [0.3, 0.4) is 0 Å². The molecule has 0 atom stereocenters. The van der Waals surface area contributed by atoms with E-state index in [0.717, 1.165) is 37.9 Å². The molecule has 1 fully saturated rings. The fraction of sp³-hybridized carbons (Fsp3) is 0.571. The van der Waals surface area contributed by atoms with Gasteiger partial charge in [-0.25, -0.2) is 0 Å². The molecule has 1 aliphatic heterocycles. The van der Waals surface area contributed by atoms with Crippen LogP contribution in [0.25, 0.3) is 0 Å². The number of benzene rings is 1. The average Bonchev–Trinajstić information content (AvgIpc) is 2.28. The van der Waals surface area contributed by atoms with Crippen molar-refractivity contribution >= 4 is 17.3 Å². The number of nitrogens with zero attached hydrogens (tertiary/aromatic N) is 1. The predicted octanol–water partition coefficient (Wildman–Crippen LogP) is 2.78. The third kappa shape index (κ3) is 4.16. The zero-order chi connectivity index (χ0) is 13.0. The van der Waals surface area contributed by atoms with E-state index in [-0.39, 0.29) is 0 Å². The molecule has 4 heteroatoms. The molecule has 0 unspecified atom stereocenters. The van der Waals surface area contributed by atoms with Gasteiger partial charge in [0.25, 0.3) is 0 Å². The number of ether oxygens (including phenoxy) is 1. The highest BCUT2D eigenvalue weighted by Crippen LogP contribution is 2.20. The molecule has 0 aromatic heterocycles. The van der Waals surface area contributed by atoms with Crippen LogP contribution in [0.15, 0.2) is 18.2 Å². The molecule has 0 radical (unpaired) electrons. The van der Waals surface area contributed by atoms with Crippen molar-refractivity contribution in [1.82, 2.24) is 4.90 Å². The van der Waals surface area contributed by atoms with E-state index in [0.29, 0.717) is 5.02 Å². The van der Waals surface area contributed by atoms with Crippen molar-refractivity contribution in [2.24, 2.45) is 5.92 Å². The van der Waals surface area contributed by atoms with Crippen molar-refractivity contribution in [3.63, 3.8) is 0 Å². The SMILES string of the molecule is CN(Cc1cc(N)cc(Cl)c1)CC1CCOCC1. The summed E-state index contributed by atoms with van der Waals surface area (Å²) in [5, 5.41) is 0.712. The van der Waals surface area contributed by atoms with Crippen molar-refractivity contribution in [2.75, 3.05) is 32.5 Å². The van der Waals surface area contributed by atoms with Gasteiger partial charge >= 0.3 is 0 Å². The Morgan fingerprint density at radius 3 is 2.72 bits per heavy atom. The minimum atomic E-state index is 0.712. The highest BCUT2D eigenvalue weighted by molar-refractivity contribution is 6.30. The van der Waals surface area contributed by atoms with Crippen LogP contribution in [0.4, 0.5) is 5.69 Å². The summed E-state index contributed by atoms with van der Waals surface area (Å²) in [6, 6.07) is 5.76. The maximum absolute atomic E-state index is 6.01. The molecule has 1 aliphatic rings. The third-order valence-corrected chi connectivity index (χ3v) is 3.56. The largest absolute Gasteiger partial charge is 0.399 e. The number of hydrogen-bond acceptors (Lipinski definition) is 3. The van der Waals surface area contributed by atoms with Gasteiger partial charge in [0.2, 0.25) is 0 Å². The molecule has 18 heavy (non-hydrogen) atoms. The van der Waals surface area contributed by atoms with Gasteiger partial charge in [0.15, 0.2) is 0 Å². The van der Waals surface area contributed by atoms with Crippen LogP contribution in [0, 0.1) is 5.92 Å². The molecule has 2 N–H and O–H groups in total. The normalized spacial score (nSPS) is 17.3. The lowest BCUT2D eigenvalue weighted by Gasteiger charge is -2.27. The summed E-state index contributed by atoms with van der Waals surface area (Å²) in [5.41, 5.74) is 7.71. The van der Waals surface area contributed by atoms with Gasteiger partial charge in [-0.05, 0) is 49.6 Å². The van der Waals surface area contributed by atoms with Gasteiger partial charge < -0.3 is 15.4 Å². The highest BCUT2D eigenvalue weighted by Gasteiger charge is 2.15. The maximum atomic E-state index is 6.01. The summed E-state index contributed by atoms with van der Waals surface area (Å²) in [7, 11) is 2.15. The summed E-state index contributed by atoms with van der Waals surface area (Å²) in [6.45, 7) is 3.81. The van der Waals surface area contributed by atoms with Crippen molar-refractivity contribution in [2.45, 2.75) is 19.4 Å². The Labute approximate surface area is 114 Å². The van der Waals surface area contributed by atoms with Gasteiger partial charge in [-0.1, -0.05) is 11.6 Å². The lowest BCUT2D eigenvalue weighted by Crippen LogP contribution is -2.29. The van der Waals surface area contributed by atoms with Crippen LogP contribution in [0.1, 0.15) is 18.4 Å². The molecule has 1 heterocycles. The quantitative estimate of drug-likeness (QED) is 0.854. The molecule has 1 aromatic rings. The monoisotopic (exact) mass is 268 g/mol. The molecule has 0 amide bonds. The summed E-state index contributed by atoms with van der Waals surface area (Å²) in [4.78, 5) is 2.33. The average molecular weight is 269 g/mol. The van der Waals surface area contributed by atoms with Gasteiger partial charge in [-0.15, -0.1) is 0 Å². The topological polar surface area (TPSA) is 38.5 Å². The van der Waals surface area contributed by atoms with Crippen LogP contribution in [-0.4, -0.2) is 31.7 Å². The van der Waals surface area contributed by atoms with E-state index in [1.165, 1.54) is 18.4 Å². The third-order valence-electron chi connectivity index (χ3n) is 3.34. The Kier molecular flexibility index (Phi) is 4.87. The van der Waals surface area contributed by atoms with Gasteiger partial charge in [0, 0.05) is 37.0 Å². The Hall–Kier alpha value is -0.770. The second kappa shape index (κ2) is 6.41. The van der Waals surface area contributed by atoms with Crippen molar-refractivity contribution in [1.29, 1.82) is 0 Å². The number of nitrogens with two attached hydrogens (primary N) is 1. The number of anilines is 1. The first-order valence-electron chi connectivity index (χ1n) is 6.45. The first kappa shape index (κ1) is 13.7. The molecule has 0 bridgehead atoms.